The Morgan fingerprint density at radius 2 is 2.04 bits per heavy atom. The molecular formula is C17H13NO5. The first-order valence-corrected chi connectivity index (χ1v) is 6.90. The van der Waals surface area contributed by atoms with Crippen molar-refractivity contribution in [1.29, 1.82) is 0 Å². The maximum atomic E-state index is 12.4. The van der Waals surface area contributed by atoms with Crippen molar-refractivity contribution in [3.63, 3.8) is 0 Å². The minimum absolute atomic E-state index is 0.00555. The number of ketones is 1. The number of carbonyl (C=O) groups excluding carboxylic acids is 1. The molecule has 6 heteroatoms. The summed E-state index contributed by atoms with van der Waals surface area (Å²) in [6.45, 7) is 0. The Morgan fingerprint density at radius 3 is 2.70 bits per heavy atom. The lowest BCUT2D eigenvalue weighted by Gasteiger charge is -2.06. The van der Waals surface area contributed by atoms with Gasteiger partial charge in [-0.3, -0.25) is 14.9 Å². The van der Waals surface area contributed by atoms with Crippen LogP contribution in [-0.2, 0) is 6.42 Å². The number of nitro groups is 1. The van der Waals surface area contributed by atoms with Crippen molar-refractivity contribution in [3.8, 4) is 11.5 Å². The second-order valence-electron chi connectivity index (χ2n) is 5.18. The minimum atomic E-state index is -0.689. The van der Waals surface area contributed by atoms with E-state index in [2.05, 4.69) is 0 Å². The van der Waals surface area contributed by atoms with E-state index in [4.69, 9.17) is 4.74 Å². The zero-order valence-electron chi connectivity index (χ0n) is 12.3. The highest BCUT2D eigenvalue weighted by Crippen LogP contribution is 2.38. The maximum Gasteiger partial charge on any atom is 0.315 e. The number of phenols is 1. The number of rotatable bonds is 3. The molecular weight excluding hydrogens is 298 g/mol. The second kappa shape index (κ2) is 5.57. The fraction of sp³-hybridized carbons (Fsp3) is 0.118. The Balaban J connectivity index is 2.06. The fourth-order valence-corrected chi connectivity index (χ4v) is 2.66. The van der Waals surface area contributed by atoms with E-state index < -0.39 is 16.4 Å². The van der Waals surface area contributed by atoms with Gasteiger partial charge in [-0.05, 0) is 23.3 Å². The van der Waals surface area contributed by atoms with Crippen LogP contribution >= 0.6 is 0 Å². The van der Waals surface area contributed by atoms with Gasteiger partial charge in [0, 0.05) is 23.6 Å². The number of aromatic hydroxyl groups is 1. The van der Waals surface area contributed by atoms with Crippen molar-refractivity contribution in [2.24, 2.45) is 0 Å². The smallest absolute Gasteiger partial charge is 0.315 e. The number of hydrogen-bond acceptors (Lipinski definition) is 5. The lowest BCUT2D eigenvalue weighted by molar-refractivity contribution is -0.386. The van der Waals surface area contributed by atoms with E-state index in [1.165, 1.54) is 19.2 Å². The van der Waals surface area contributed by atoms with Gasteiger partial charge in [0.25, 0.3) is 0 Å². The normalized spacial score (nSPS) is 14.8. The molecule has 1 aliphatic carbocycles. The van der Waals surface area contributed by atoms with Crippen molar-refractivity contribution in [1.82, 2.24) is 0 Å². The molecule has 0 aliphatic heterocycles. The van der Waals surface area contributed by atoms with Gasteiger partial charge in [0.2, 0.25) is 5.75 Å². The van der Waals surface area contributed by atoms with Gasteiger partial charge in [0.1, 0.15) is 0 Å². The predicted molar refractivity (Wildman–Crippen MR) is 83.8 cm³/mol. The lowest BCUT2D eigenvalue weighted by Crippen LogP contribution is -1.96. The maximum absolute atomic E-state index is 12.4. The molecule has 0 atom stereocenters. The van der Waals surface area contributed by atoms with E-state index >= 15 is 0 Å². The van der Waals surface area contributed by atoms with Crippen LogP contribution in [0.4, 0.5) is 5.69 Å². The number of benzene rings is 2. The van der Waals surface area contributed by atoms with Gasteiger partial charge in [0.15, 0.2) is 11.5 Å². The monoisotopic (exact) mass is 311 g/mol. The summed E-state index contributed by atoms with van der Waals surface area (Å²) in [6.07, 6.45) is 2.07. The molecule has 0 radical (unpaired) electrons. The first-order chi connectivity index (χ1) is 11.0. The van der Waals surface area contributed by atoms with Gasteiger partial charge in [0.05, 0.1) is 12.0 Å². The van der Waals surface area contributed by atoms with Crippen molar-refractivity contribution < 1.29 is 19.6 Å². The molecule has 0 aromatic heterocycles. The topological polar surface area (TPSA) is 89.7 Å². The van der Waals surface area contributed by atoms with Crippen LogP contribution in [0.15, 0.2) is 42.0 Å². The average Bonchev–Trinajstić information content (AvgIpc) is 2.85. The number of nitrogens with zero attached hydrogens (tertiary/aromatic N) is 1. The molecule has 0 saturated heterocycles. The van der Waals surface area contributed by atoms with Gasteiger partial charge in [-0.15, -0.1) is 0 Å². The van der Waals surface area contributed by atoms with Crippen molar-refractivity contribution >= 4 is 17.5 Å². The molecule has 2 aromatic rings. The zero-order chi connectivity index (χ0) is 16.6. The third-order valence-electron chi connectivity index (χ3n) is 3.77. The minimum Gasteiger partial charge on any atom is -0.500 e. The molecule has 0 bridgehead atoms. The summed E-state index contributed by atoms with van der Waals surface area (Å²) in [5, 5.41) is 20.8. The van der Waals surface area contributed by atoms with E-state index in [9.17, 15) is 20.0 Å². The van der Waals surface area contributed by atoms with Crippen molar-refractivity contribution in [3.05, 3.63) is 68.8 Å². The van der Waals surface area contributed by atoms with Gasteiger partial charge >= 0.3 is 5.69 Å². The van der Waals surface area contributed by atoms with Crippen LogP contribution in [-0.4, -0.2) is 22.9 Å². The number of allylic oxidation sites excluding steroid dienone is 1. The molecule has 1 aliphatic rings. The first-order valence-electron chi connectivity index (χ1n) is 6.90. The standard InChI is InChI=1S/C17H13NO5/c1-23-15-8-10(7-14(17(15)20)18(21)22)6-12-9-11-4-2-3-5-13(11)16(12)19/h2-8,20H,9H2,1H3. The Labute approximate surface area is 131 Å². The molecule has 0 fully saturated rings. The van der Waals surface area contributed by atoms with E-state index in [1.54, 1.807) is 18.2 Å². The number of fused-ring (bicyclic) bond motifs is 1. The highest BCUT2D eigenvalue weighted by molar-refractivity contribution is 6.15. The molecule has 6 nitrogen and oxygen atoms in total. The number of Topliss-reactive ketones (excluding diaryl/α,β-unsaturated/α-hetero) is 1. The summed E-state index contributed by atoms with van der Waals surface area (Å²) in [4.78, 5) is 22.7. The zero-order valence-corrected chi connectivity index (χ0v) is 12.3. The number of carbonyl (C=O) groups is 1. The van der Waals surface area contributed by atoms with Crippen LogP contribution in [0.1, 0.15) is 21.5 Å². The SMILES string of the molecule is COc1cc(C=C2Cc3ccccc3C2=O)cc([N+](=O)[O-])c1O. The molecule has 0 amide bonds. The predicted octanol–water partition coefficient (Wildman–Crippen LogP) is 3.13. The quantitative estimate of drug-likeness (QED) is 0.534. The Kier molecular flexibility index (Phi) is 3.57. The van der Waals surface area contributed by atoms with E-state index in [-0.39, 0.29) is 11.5 Å². The first kappa shape index (κ1) is 14.8. The molecule has 23 heavy (non-hydrogen) atoms. The molecule has 2 aromatic carbocycles. The van der Waals surface area contributed by atoms with E-state index in [0.29, 0.717) is 23.1 Å². The Morgan fingerprint density at radius 1 is 1.30 bits per heavy atom. The summed E-state index contributed by atoms with van der Waals surface area (Å²) in [7, 11) is 1.31. The van der Waals surface area contributed by atoms with Gasteiger partial charge < -0.3 is 9.84 Å². The number of ether oxygens (including phenoxy) is 1. The lowest BCUT2D eigenvalue weighted by atomic mass is 10.1. The van der Waals surface area contributed by atoms with E-state index in [1.807, 2.05) is 12.1 Å². The molecule has 0 unspecified atom stereocenters. The highest BCUT2D eigenvalue weighted by Gasteiger charge is 2.25. The fourth-order valence-electron chi connectivity index (χ4n) is 2.66. The summed E-state index contributed by atoms with van der Waals surface area (Å²) in [5.41, 5.74) is 2.11. The third-order valence-corrected chi connectivity index (χ3v) is 3.77. The van der Waals surface area contributed by atoms with Crippen molar-refractivity contribution in [2.75, 3.05) is 7.11 Å². The van der Waals surface area contributed by atoms with Crippen LogP contribution in [0.3, 0.4) is 0 Å². The molecule has 0 saturated carbocycles. The largest absolute Gasteiger partial charge is 0.500 e. The third kappa shape index (κ3) is 2.55. The van der Waals surface area contributed by atoms with Crippen LogP contribution in [0.25, 0.3) is 6.08 Å². The average molecular weight is 311 g/mol. The summed E-state index contributed by atoms with van der Waals surface area (Å²) >= 11 is 0. The molecule has 116 valence electrons. The summed E-state index contributed by atoms with van der Waals surface area (Å²) in [5.74, 6) is -0.620. The molecule has 1 N–H and O–H groups in total. The number of phenolic OH excluding ortho intramolecular Hbond substituents is 1. The van der Waals surface area contributed by atoms with Gasteiger partial charge in [-0.2, -0.15) is 0 Å². The number of methoxy groups -OCH3 is 1. The van der Waals surface area contributed by atoms with Gasteiger partial charge in [-0.25, -0.2) is 0 Å². The second-order valence-corrected chi connectivity index (χ2v) is 5.18. The molecule has 0 spiro atoms. The van der Waals surface area contributed by atoms with Crippen LogP contribution in [0.2, 0.25) is 0 Å². The van der Waals surface area contributed by atoms with E-state index in [0.717, 1.165) is 5.56 Å². The summed E-state index contributed by atoms with van der Waals surface area (Å²) < 4.78 is 4.96. The van der Waals surface area contributed by atoms with Gasteiger partial charge in [-0.1, -0.05) is 24.3 Å². The Hall–Kier alpha value is -3.15. The van der Waals surface area contributed by atoms with Crippen LogP contribution < -0.4 is 4.74 Å². The molecule has 0 heterocycles. The molecule has 3 rings (SSSR count). The van der Waals surface area contributed by atoms with Crippen LogP contribution in [0, 0.1) is 10.1 Å². The van der Waals surface area contributed by atoms with Crippen LogP contribution in [0.5, 0.6) is 11.5 Å². The number of hydrogen-bond donors (Lipinski definition) is 1. The summed E-state index contributed by atoms with van der Waals surface area (Å²) in [6, 6.07) is 10.00. The van der Waals surface area contributed by atoms with Crippen molar-refractivity contribution in [2.45, 2.75) is 6.42 Å². The Bertz CT molecular complexity index is 854. The highest BCUT2D eigenvalue weighted by atomic mass is 16.6. The number of nitro benzene ring substituents is 1.